The van der Waals surface area contributed by atoms with Gasteiger partial charge in [0.25, 0.3) is 0 Å². The molecule has 1 fully saturated rings. The number of nitrogens with one attached hydrogen (secondary N) is 2. The molecule has 36 heavy (non-hydrogen) atoms. The first-order valence-corrected chi connectivity index (χ1v) is 13.5. The highest BCUT2D eigenvalue weighted by molar-refractivity contribution is 7.89. The van der Waals surface area contributed by atoms with Crippen molar-refractivity contribution >= 4 is 21.8 Å². The molecule has 1 aliphatic rings. The van der Waals surface area contributed by atoms with Crippen LogP contribution in [0.15, 0.2) is 59.5 Å². The van der Waals surface area contributed by atoms with E-state index in [1.165, 1.54) is 28.6 Å². The Morgan fingerprint density at radius 3 is 2.42 bits per heavy atom. The third kappa shape index (κ3) is 7.90. The maximum atomic E-state index is 13.5. The molecular formula is C25H36N4O6S. The molecule has 0 aliphatic carbocycles. The summed E-state index contributed by atoms with van der Waals surface area (Å²) in [5.74, 6) is 0.0146. The molecule has 0 saturated carbocycles. The highest BCUT2D eigenvalue weighted by atomic mass is 32.2. The second-order valence-electron chi connectivity index (χ2n) is 9.35. The molecule has 198 valence electrons. The maximum Gasteiger partial charge on any atom is 0.407 e. The number of nitrogens with two attached hydrogens (primary N) is 1. The summed E-state index contributed by atoms with van der Waals surface area (Å²) in [4.78, 5) is 12.8. The normalized spacial score (nSPS) is 17.8. The third-order valence-electron chi connectivity index (χ3n) is 5.90. The number of alkyl carbamates (subject to hydrolysis) is 1. The number of amides is 1. The van der Waals surface area contributed by atoms with E-state index in [2.05, 4.69) is 10.8 Å². The van der Waals surface area contributed by atoms with E-state index >= 15 is 0 Å². The van der Waals surface area contributed by atoms with Crippen LogP contribution in [0.3, 0.4) is 0 Å². The van der Waals surface area contributed by atoms with E-state index in [4.69, 9.17) is 15.2 Å². The fraction of sp³-hybridized carbons (Fsp3) is 0.480. The number of ether oxygens (including phenoxy) is 2. The second kappa shape index (κ2) is 13.0. The van der Waals surface area contributed by atoms with Crippen molar-refractivity contribution in [3.8, 4) is 0 Å². The van der Waals surface area contributed by atoms with Crippen molar-refractivity contribution in [2.24, 2.45) is 5.92 Å². The SMILES string of the molecule is CC(C)CN(CC(NO)[C@H](Cc1ccccc1)NC(=O)O[C@H]1CCOC1)S(=O)(=O)c1ccc(N)cc1. The first kappa shape index (κ1) is 27.9. The lowest BCUT2D eigenvalue weighted by Gasteiger charge is -2.32. The Kier molecular flexibility index (Phi) is 10.1. The zero-order valence-corrected chi connectivity index (χ0v) is 21.5. The Balaban J connectivity index is 1.84. The van der Waals surface area contributed by atoms with Crippen molar-refractivity contribution in [3.05, 3.63) is 60.2 Å². The van der Waals surface area contributed by atoms with Crippen LogP contribution in [0.25, 0.3) is 0 Å². The van der Waals surface area contributed by atoms with Crippen molar-refractivity contribution < 1.29 is 27.9 Å². The number of hydrogen-bond acceptors (Lipinski definition) is 8. The van der Waals surface area contributed by atoms with E-state index in [0.29, 0.717) is 31.7 Å². The molecule has 3 rings (SSSR count). The van der Waals surface area contributed by atoms with Gasteiger partial charge in [0.2, 0.25) is 10.0 Å². The van der Waals surface area contributed by atoms with E-state index in [1.54, 1.807) is 0 Å². The lowest BCUT2D eigenvalue weighted by Crippen LogP contribution is -2.56. The molecule has 5 N–H and O–H groups in total. The van der Waals surface area contributed by atoms with Gasteiger partial charge in [-0.3, -0.25) is 0 Å². The van der Waals surface area contributed by atoms with E-state index in [0.717, 1.165) is 5.56 Å². The topological polar surface area (TPSA) is 143 Å². The average molecular weight is 521 g/mol. The van der Waals surface area contributed by atoms with Crippen LogP contribution in [-0.2, 0) is 25.9 Å². The van der Waals surface area contributed by atoms with Crippen molar-refractivity contribution in [3.63, 3.8) is 0 Å². The quantitative estimate of drug-likeness (QED) is 0.247. The Morgan fingerprint density at radius 2 is 1.83 bits per heavy atom. The van der Waals surface area contributed by atoms with Crippen LogP contribution < -0.4 is 16.5 Å². The molecule has 2 aromatic rings. The van der Waals surface area contributed by atoms with E-state index in [-0.39, 0.29) is 30.0 Å². The van der Waals surface area contributed by atoms with Crippen molar-refractivity contribution in [1.82, 2.24) is 15.1 Å². The minimum atomic E-state index is -3.91. The van der Waals surface area contributed by atoms with Gasteiger partial charge >= 0.3 is 6.09 Å². The Morgan fingerprint density at radius 1 is 1.14 bits per heavy atom. The van der Waals surface area contributed by atoms with E-state index in [1.807, 2.05) is 44.2 Å². The van der Waals surface area contributed by atoms with Gasteiger partial charge in [0.15, 0.2) is 0 Å². The van der Waals surface area contributed by atoms with Crippen LogP contribution in [-0.4, -0.2) is 68.5 Å². The summed E-state index contributed by atoms with van der Waals surface area (Å²) in [5.41, 5.74) is 9.33. The third-order valence-corrected chi connectivity index (χ3v) is 7.75. The number of hydroxylamine groups is 1. The highest BCUT2D eigenvalue weighted by Gasteiger charge is 2.33. The van der Waals surface area contributed by atoms with Crippen molar-refractivity contribution in [1.29, 1.82) is 0 Å². The number of carbonyl (C=O) groups is 1. The van der Waals surface area contributed by atoms with E-state index in [9.17, 15) is 18.4 Å². The predicted molar refractivity (Wildman–Crippen MR) is 136 cm³/mol. The fourth-order valence-corrected chi connectivity index (χ4v) is 5.68. The van der Waals surface area contributed by atoms with Crippen LogP contribution >= 0.6 is 0 Å². The number of nitrogens with zero attached hydrogens (tertiary/aromatic N) is 1. The average Bonchev–Trinajstić information content (AvgIpc) is 3.35. The molecule has 11 heteroatoms. The maximum absolute atomic E-state index is 13.5. The van der Waals surface area contributed by atoms with Gasteiger partial charge < -0.3 is 25.7 Å². The predicted octanol–water partition coefficient (Wildman–Crippen LogP) is 2.39. The molecule has 10 nitrogen and oxygen atoms in total. The molecule has 0 aromatic heterocycles. The smallest absolute Gasteiger partial charge is 0.407 e. The van der Waals surface area contributed by atoms with Gasteiger partial charge in [0.1, 0.15) is 6.10 Å². The molecule has 1 saturated heterocycles. The van der Waals surface area contributed by atoms with Crippen LogP contribution in [0.5, 0.6) is 0 Å². The summed E-state index contributed by atoms with van der Waals surface area (Å²) in [5, 5.41) is 13.0. The first-order valence-electron chi connectivity index (χ1n) is 12.0. The van der Waals surface area contributed by atoms with Gasteiger partial charge in [-0.25, -0.2) is 13.2 Å². The molecule has 1 amide bonds. The number of carbonyl (C=O) groups excluding carboxylic acids is 1. The zero-order valence-electron chi connectivity index (χ0n) is 20.7. The lowest BCUT2D eigenvalue weighted by atomic mass is 9.99. The van der Waals surface area contributed by atoms with E-state index < -0.39 is 28.2 Å². The van der Waals surface area contributed by atoms with Gasteiger partial charge in [-0.1, -0.05) is 44.2 Å². The molecular weight excluding hydrogens is 484 g/mol. The van der Waals surface area contributed by atoms with Crippen LogP contribution in [0.1, 0.15) is 25.8 Å². The first-order chi connectivity index (χ1) is 17.2. The summed E-state index contributed by atoms with van der Waals surface area (Å²) < 4.78 is 39.1. The molecule has 0 bridgehead atoms. The molecule has 0 radical (unpaired) electrons. The number of sulfonamides is 1. The fourth-order valence-electron chi connectivity index (χ4n) is 4.05. The van der Waals surface area contributed by atoms with Crippen molar-refractivity contribution in [2.45, 2.75) is 49.8 Å². The van der Waals surface area contributed by atoms with Gasteiger partial charge in [-0.2, -0.15) is 9.79 Å². The van der Waals surface area contributed by atoms with Gasteiger partial charge in [-0.15, -0.1) is 0 Å². The minimum absolute atomic E-state index is 0.0146. The summed E-state index contributed by atoms with van der Waals surface area (Å²) in [7, 11) is -3.91. The molecule has 2 aromatic carbocycles. The standard InChI is InChI=1S/C25H36N4O6S/c1-18(2)15-29(36(32,33)22-10-8-20(26)9-11-22)16-24(28-31)23(14-19-6-4-3-5-7-19)27-25(30)35-21-12-13-34-17-21/h3-11,18,21,23-24,28,31H,12-17,26H2,1-2H3,(H,27,30)/t21-,23-,24?/m0/s1. The largest absolute Gasteiger partial charge is 0.444 e. The number of benzene rings is 2. The molecule has 3 atom stereocenters. The number of nitrogen functional groups attached to an aromatic ring is 1. The summed E-state index contributed by atoms with van der Waals surface area (Å²) >= 11 is 0. The number of rotatable bonds is 12. The molecule has 1 aliphatic heterocycles. The molecule has 1 unspecified atom stereocenters. The summed E-state index contributed by atoms with van der Waals surface area (Å²) in [6.07, 6.45) is -0.0394. The van der Waals surface area contributed by atoms with Gasteiger partial charge in [0.05, 0.1) is 30.2 Å². The lowest BCUT2D eigenvalue weighted by molar-refractivity contribution is 0.0678. The zero-order chi connectivity index (χ0) is 26.1. The Labute approximate surface area is 212 Å². The monoisotopic (exact) mass is 520 g/mol. The summed E-state index contributed by atoms with van der Waals surface area (Å²) in [6.45, 7) is 4.81. The van der Waals surface area contributed by atoms with Gasteiger partial charge in [-0.05, 0) is 42.2 Å². The molecule has 1 heterocycles. The Bertz CT molecular complexity index is 1060. The Hall–Kier alpha value is -2.70. The van der Waals surface area contributed by atoms with Gasteiger partial charge in [0, 0.05) is 25.2 Å². The highest BCUT2D eigenvalue weighted by Crippen LogP contribution is 2.20. The number of hydrogen-bond donors (Lipinski definition) is 4. The summed E-state index contributed by atoms with van der Waals surface area (Å²) in [6, 6.07) is 13.9. The number of anilines is 1. The molecule has 0 spiro atoms. The van der Waals surface area contributed by atoms with Crippen LogP contribution in [0, 0.1) is 5.92 Å². The van der Waals surface area contributed by atoms with Crippen molar-refractivity contribution in [2.75, 3.05) is 32.0 Å². The second-order valence-corrected chi connectivity index (χ2v) is 11.3. The minimum Gasteiger partial charge on any atom is -0.444 e. The van der Waals surface area contributed by atoms with Crippen LogP contribution in [0.4, 0.5) is 10.5 Å². The van der Waals surface area contributed by atoms with Crippen LogP contribution in [0.2, 0.25) is 0 Å².